The molecule has 3 nitrogen and oxygen atoms in total. The second-order valence-corrected chi connectivity index (χ2v) is 7.12. The molecule has 4 rings (SSSR count). The van der Waals surface area contributed by atoms with Crippen LogP contribution >= 0.6 is 0 Å². The summed E-state index contributed by atoms with van der Waals surface area (Å²) in [5.41, 5.74) is 5.21. The molecule has 27 heavy (non-hydrogen) atoms. The molecule has 1 amide bonds. The highest BCUT2D eigenvalue weighted by Crippen LogP contribution is 2.25. The molecule has 0 aliphatic carbocycles. The lowest BCUT2D eigenvalue weighted by atomic mass is 9.96. The van der Waals surface area contributed by atoms with Gasteiger partial charge in [0, 0.05) is 37.3 Å². The van der Waals surface area contributed by atoms with E-state index < -0.39 is 0 Å². The lowest BCUT2D eigenvalue weighted by Gasteiger charge is -2.26. The minimum absolute atomic E-state index is 0.251. The summed E-state index contributed by atoms with van der Waals surface area (Å²) in [7, 11) is 0. The zero-order valence-electron chi connectivity index (χ0n) is 15.7. The number of aromatic nitrogens is 1. The van der Waals surface area contributed by atoms with E-state index >= 15 is 0 Å². The van der Waals surface area contributed by atoms with Crippen LogP contribution in [0.3, 0.4) is 0 Å². The molecule has 0 saturated heterocycles. The number of fused-ring (bicyclic) bond motifs is 1. The number of hydrogen-bond acceptors (Lipinski definition) is 2. The summed E-state index contributed by atoms with van der Waals surface area (Å²) < 4.78 is 0. The maximum atomic E-state index is 11.8. The van der Waals surface area contributed by atoms with Gasteiger partial charge in [-0.25, -0.2) is 0 Å². The average Bonchev–Trinajstić information content (AvgIpc) is 2.74. The van der Waals surface area contributed by atoms with E-state index in [-0.39, 0.29) is 5.91 Å². The summed E-state index contributed by atoms with van der Waals surface area (Å²) >= 11 is 0. The van der Waals surface area contributed by atoms with Gasteiger partial charge in [0.2, 0.25) is 5.91 Å². The van der Waals surface area contributed by atoms with Crippen molar-refractivity contribution in [2.24, 2.45) is 0 Å². The van der Waals surface area contributed by atoms with Crippen LogP contribution in [0.15, 0.2) is 72.6 Å². The molecule has 3 heteroatoms. The molecule has 0 spiro atoms. The maximum Gasteiger partial charge on any atom is 0.222 e. The molecular formula is C24H24N2O. The van der Waals surface area contributed by atoms with Crippen LogP contribution in [-0.2, 0) is 11.2 Å². The monoisotopic (exact) mass is 356 g/mol. The Balaban J connectivity index is 1.46. The molecule has 2 heterocycles. The summed E-state index contributed by atoms with van der Waals surface area (Å²) in [4.78, 5) is 17.9. The zero-order valence-corrected chi connectivity index (χ0v) is 15.7. The van der Waals surface area contributed by atoms with Crippen molar-refractivity contribution in [1.29, 1.82) is 0 Å². The fourth-order valence-electron chi connectivity index (χ4n) is 3.66. The van der Waals surface area contributed by atoms with Crippen LogP contribution in [0, 0.1) is 0 Å². The molecule has 0 atom stereocenters. The third-order valence-electron chi connectivity index (χ3n) is 5.32. The highest BCUT2D eigenvalue weighted by molar-refractivity contribution is 5.86. The average molecular weight is 356 g/mol. The number of pyridine rings is 1. The van der Waals surface area contributed by atoms with E-state index in [1.54, 1.807) is 0 Å². The van der Waals surface area contributed by atoms with Crippen molar-refractivity contribution in [1.82, 2.24) is 9.88 Å². The first-order chi connectivity index (χ1) is 13.2. The Morgan fingerprint density at radius 1 is 1.04 bits per heavy atom. The van der Waals surface area contributed by atoms with E-state index in [4.69, 9.17) is 0 Å². The molecule has 1 aromatic heterocycles. The van der Waals surface area contributed by atoms with Crippen LogP contribution in [0.25, 0.3) is 21.9 Å². The third kappa shape index (κ3) is 3.92. The van der Waals surface area contributed by atoms with Gasteiger partial charge in [-0.15, -0.1) is 0 Å². The van der Waals surface area contributed by atoms with Crippen LogP contribution in [0.5, 0.6) is 0 Å². The molecule has 0 bridgehead atoms. The van der Waals surface area contributed by atoms with Crippen LogP contribution in [0.2, 0.25) is 0 Å². The van der Waals surface area contributed by atoms with E-state index in [1.807, 2.05) is 24.2 Å². The fourth-order valence-corrected chi connectivity index (χ4v) is 3.66. The van der Waals surface area contributed by atoms with Crippen molar-refractivity contribution < 1.29 is 4.79 Å². The number of carbonyl (C=O) groups excluding carboxylic acids is 1. The second kappa shape index (κ2) is 7.75. The smallest absolute Gasteiger partial charge is 0.222 e. The van der Waals surface area contributed by atoms with Gasteiger partial charge in [0.1, 0.15) is 0 Å². The number of amides is 1. The molecule has 0 fully saturated rings. The van der Waals surface area contributed by atoms with Gasteiger partial charge >= 0.3 is 0 Å². The molecule has 0 radical (unpaired) electrons. The zero-order chi connectivity index (χ0) is 18.6. The van der Waals surface area contributed by atoms with Gasteiger partial charge < -0.3 is 4.90 Å². The van der Waals surface area contributed by atoms with E-state index in [0.29, 0.717) is 6.42 Å². The summed E-state index contributed by atoms with van der Waals surface area (Å²) in [5.74, 6) is 0.251. The molecule has 3 aromatic rings. The summed E-state index contributed by atoms with van der Waals surface area (Å²) in [6.07, 6.45) is 8.50. The Bertz CT molecular complexity index is 989. The quantitative estimate of drug-likeness (QED) is 0.616. The van der Waals surface area contributed by atoms with Crippen molar-refractivity contribution in [2.75, 3.05) is 13.1 Å². The van der Waals surface area contributed by atoms with Crippen LogP contribution < -0.4 is 0 Å². The normalized spacial score (nSPS) is 14.3. The van der Waals surface area contributed by atoms with Gasteiger partial charge in [-0.1, -0.05) is 55.0 Å². The Morgan fingerprint density at radius 2 is 1.85 bits per heavy atom. The second-order valence-electron chi connectivity index (χ2n) is 7.12. The van der Waals surface area contributed by atoms with Crippen molar-refractivity contribution in [3.05, 3.63) is 78.1 Å². The number of rotatable bonds is 4. The highest BCUT2D eigenvalue weighted by atomic mass is 16.2. The van der Waals surface area contributed by atoms with Gasteiger partial charge in [-0.2, -0.15) is 0 Å². The fraction of sp³-hybridized carbons (Fsp3) is 0.250. The van der Waals surface area contributed by atoms with Crippen LogP contribution in [0.1, 0.15) is 25.3 Å². The van der Waals surface area contributed by atoms with E-state index in [9.17, 15) is 4.79 Å². The largest absolute Gasteiger partial charge is 0.339 e. The van der Waals surface area contributed by atoms with Crippen molar-refractivity contribution in [3.63, 3.8) is 0 Å². The van der Waals surface area contributed by atoms with Crippen molar-refractivity contribution in [3.8, 4) is 11.1 Å². The molecule has 0 N–H and O–H groups in total. The molecular weight excluding hydrogens is 332 g/mol. The third-order valence-corrected chi connectivity index (χ3v) is 5.32. The van der Waals surface area contributed by atoms with Crippen molar-refractivity contribution >= 4 is 16.7 Å². The predicted molar refractivity (Wildman–Crippen MR) is 110 cm³/mol. The molecule has 136 valence electrons. The van der Waals surface area contributed by atoms with E-state index in [0.717, 1.165) is 31.3 Å². The lowest BCUT2D eigenvalue weighted by molar-refractivity contribution is -0.130. The first kappa shape index (κ1) is 17.5. The van der Waals surface area contributed by atoms with Crippen LogP contribution in [0.4, 0.5) is 0 Å². The Kier molecular flexibility index (Phi) is 5.01. The highest BCUT2D eigenvalue weighted by Gasteiger charge is 2.15. The standard InChI is InChI=1S/C24H24N2O/c1-2-24(27)26-13-10-19(11-14-26)15-18-3-5-20(6-4-18)21-7-8-23-17-25-12-9-22(23)16-21/h3-10,12,16-17H,2,11,13-15H2,1H3. The van der Waals surface area contributed by atoms with Crippen molar-refractivity contribution in [2.45, 2.75) is 26.2 Å². The number of hydrogen-bond donors (Lipinski definition) is 0. The van der Waals surface area contributed by atoms with Gasteiger partial charge in [-0.05, 0) is 47.1 Å². The SMILES string of the molecule is CCC(=O)N1CC=C(Cc2ccc(-c3ccc4cnccc4c3)cc2)CC1. The van der Waals surface area contributed by atoms with Gasteiger partial charge in [-0.3, -0.25) is 9.78 Å². The lowest BCUT2D eigenvalue weighted by Crippen LogP contribution is -2.34. The molecule has 0 unspecified atom stereocenters. The van der Waals surface area contributed by atoms with Gasteiger partial charge in [0.15, 0.2) is 0 Å². The van der Waals surface area contributed by atoms with E-state index in [2.05, 4.69) is 59.6 Å². The molecule has 1 aliphatic rings. The molecule has 1 aliphatic heterocycles. The number of nitrogens with zero attached hydrogens (tertiary/aromatic N) is 2. The van der Waals surface area contributed by atoms with Crippen LogP contribution in [-0.4, -0.2) is 28.9 Å². The number of carbonyl (C=O) groups is 1. The summed E-state index contributed by atoms with van der Waals surface area (Å²) in [6.45, 7) is 3.53. The van der Waals surface area contributed by atoms with Gasteiger partial charge in [0.25, 0.3) is 0 Å². The summed E-state index contributed by atoms with van der Waals surface area (Å²) in [5, 5.41) is 2.38. The van der Waals surface area contributed by atoms with E-state index in [1.165, 1.54) is 27.6 Å². The topological polar surface area (TPSA) is 33.2 Å². The summed E-state index contributed by atoms with van der Waals surface area (Å²) in [6, 6.07) is 17.4. The predicted octanol–water partition coefficient (Wildman–Crippen LogP) is 5.01. The van der Waals surface area contributed by atoms with Gasteiger partial charge in [0.05, 0.1) is 0 Å². The molecule has 2 aromatic carbocycles. The Morgan fingerprint density at radius 3 is 2.59 bits per heavy atom. The minimum Gasteiger partial charge on any atom is -0.339 e. The Labute approximate surface area is 160 Å². The first-order valence-electron chi connectivity index (χ1n) is 9.61. The number of benzene rings is 2. The molecule has 0 saturated carbocycles. The maximum absolute atomic E-state index is 11.8. The first-order valence-corrected chi connectivity index (χ1v) is 9.61. The Hall–Kier alpha value is -2.94. The minimum atomic E-state index is 0.251.